The van der Waals surface area contributed by atoms with Gasteiger partial charge in [-0.05, 0) is 18.6 Å². The summed E-state index contributed by atoms with van der Waals surface area (Å²) in [4.78, 5) is 37.3. The molecule has 0 aliphatic heterocycles. The third-order valence-electron chi connectivity index (χ3n) is 4.48. The van der Waals surface area contributed by atoms with E-state index in [0.29, 0.717) is 11.5 Å². The first-order valence-electron chi connectivity index (χ1n) is 8.52. The number of benzene rings is 2. The van der Waals surface area contributed by atoms with E-state index in [9.17, 15) is 19.5 Å². The fourth-order valence-electron chi connectivity index (χ4n) is 3.05. The highest BCUT2D eigenvalue weighted by atomic mass is 16.5. The van der Waals surface area contributed by atoms with Crippen molar-refractivity contribution in [2.75, 3.05) is 14.2 Å². The van der Waals surface area contributed by atoms with E-state index in [1.54, 1.807) is 0 Å². The molecule has 8 heteroatoms. The van der Waals surface area contributed by atoms with E-state index in [1.807, 2.05) is 31.2 Å². The second-order valence-electron chi connectivity index (χ2n) is 6.36. The van der Waals surface area contributed by atoms with Crippen molar-refractivity contribution >= 4 is 16.9 Å². The molecule has 2 aromatic carbocycles. The van der Waals surface area contributed by atoms with Crippen LogP contribution in [0.1, 0.15) is 11.1 Å². The third kappa shape index (κ3) is 3.48. The molecule has 0 aliphatic rings. The van der Waals surface area contributed by atoms with Gasteiger partial charge in [-0.15, -0.1) is 0 Å². The van der Waals surface area contributed by atoms with Crippen LogP contribution >= 0.6 is 0 Å². The monoisotopic (exact) mass is 384 g/mol. The van der Waals surface area contributed by atoms with Gasteiger partial charge in [-0.3, -0.25) is 18.7 Å². The smallest absolute Gasteiger partial charge is 0.332 e. The molecule has 1 aromatic heterocycles. The Labute approximate surface area is 160 Å². The number of fused-ring (bicyclic) bond motifs is 1. The number of nitrogens with zero attached hydrogens (tertiary/aromatic N) is 2. The highest BCUT2D eigenvalue weighted by Gasteiger charge is 2.18. The minimum Gasteiger partial charge on any atom is -0.493 e. The van der Waals surface area contributed by atoms with Crippen molar-refractivity contribution in [3.8, 4) is 11.5 Å². The number of rotatable bonds is 6. The quantitative estimate of drug-likeness (QED) is 0.693. The highest BCUT2D eigenvalue weighted by molar-refractivity contribution is 5.83. The lowest BCUT2D eigenvalue weighted by molar-refractivity contribution is -0.137. The average Bonchev–Trinajstić information content (AvgIpc) is 2.68. The van der Waals surface area contributed by atoms with Crippen LogP contribution in [0.4, 0.5) is 0 Å². The van der Waals surface area contributed by atoms with Crippen LogP contribution in [0.25, 0.3) is 10.9 Å². The fourth-order valence-corrected chi connectivity index (χ4v) is 3.05. The molecule has 0 fully saturated rings. The third-order valence-corrected chi connectivity index (χ3v) is 4.48. The number of carboxylic acids is 1. The first-order valence-corrected chi connectivity index (χ1v) is 8.52. The summed E-state index contributed by atoms with van der Waals surface area (Å²) in [5.41, 5.74) is 0.757. The molecule has 1 N–H and O–H groups in total. The molecular formula is C20H20N2O6. The molecular weight excluding hydrogens is 364 g/mol. The maximum absolute atomic E-state index is 13.0. The summed E-state index contributed by atoms with van der Waals surface area (Å²) < 4.78 is 12.5. The minimum atomic E-state index is -1.20. The average molecular weight is 384 g/mol. The molecule has 0 spiro atoms. The Balaban J connectivity index is 2.32. The summed E-state index contributed by atoms with van der Waals surface area (Å²) in [6.07, 6.45) is 0. The Bertz CT molecular complexity index is 1160. The lowest BCUT2D eigenvalue weighted by atomic mass is 10.1. The molecule has 0 unspecified atom stereocenters. The maximum atomic E-state index is 13.0. The molecule has 0 saturated carbocycles. The van der Waals surface area contributed by atoms with Gasteiger partial charge in [0.1, 0.15) is 6.54 Å². The first kappa shape index (κ1) is 19.2. The standard InChI is InChI=1S/C20H20N2O6/c1-12-4-6-13(7-5-12)10-22-19(25)14-8-16(27-2)17(28-3)9-15(14)21(20(22)26)11-18(23)24/h4-9H,10-11H2,1-3H3,(H,23,24). The zero-order valence-corrected chi connectivity index (χ0v) is 15.8. The normalized spacial score (nSPS) is 10.8. The second-order valence-corrected chi connectivity index (χ2v) is 6.36. The molecule has 28 heavy (non-hydrogen) atoms. The van der Waals surface area contributed by atoms with Crippen LogP contribution in [-0.4, -0.2) is 34.4 Å². The molecule has 0 bridgehead atoms. The van der Waals surface area contributed by atoms with Crippen LogP contribution in [-0.2, 0) is 17.9 Å². The number of aryl methyl sites for hydroxylation is 1. The molecule has 0 saturated heterocycles. The molecule has 8 nitrogen and oxygen atoms in total. The van der Waals surface area contributed by atoms with Crippen LogP contribution in [0.5, 0.6) is 11.5 Å². The molecule has 146 valence electrons. The van der Waals surface area contributed by atoms with E-state index >= 15 is 0 Å². The number of hydrogen-bond acceptors (Lipinski definition) is 5. The van der Waals surface area contributed by atoms with Gasteiger partial charge in [0, 0.05) is 6.07 Å². The lowest BCUT2D eigenvalue weighted by Gasteiger charge is -2.15. The predicted molar refractivity (Wildman–Crippen MR) is 103 cm³/mol. The van der Waals surface area contributed by atoms with E-state index in [4.69, 9.17) is 9.47 Å². The van der Waals surface area contributed by atoms with Gasteiger partial charge >= 0.3 is 11.7 Å². The van der Waals surface area contributed by atoms with Gasteiger partial charge in [0.2, 0.25) is 0 Å². The Morgan fingerprint density at radius 1 is 1.00 bits per heavy atom. The molecule has 0 aliphatic carbocycles. The van der Waals surface area contributed by atoms with E-state index in [-0.39, 0.29) is 17.4 Å². The SMILES string of the molecule is COc1cc2c(=O)n(Cc3ccc(C)cc3)c(=O)n(CC(=O)O)c2cc1OC. The van der Waals surface area contributed by atoms with Crippen molar-refractivity contribution in [2.24, 2.45) is 0 Å². The van der Waals surface area contributed by atoms with Gasteiger partial charge < -0.3 is 14.6 Å². The Morgan fingerprint density at radius 2 is 1.61 bits per heavy atom. The minimum absolute atomic E-state index is 0.0296. The summed E-state index contributed by atoms with van der Waals surface area (Å²) in [6.45, 7) is 1.38. The van der Waals surface area contributed by atoms with Gasteiger partial charge in [0.25, 0.3) is 5.56 Å². The van der Waals surface area contributed by atoms with Crippen LogP contribution in [0.3, 0.4) is 0 Å². The van der Waals surface area contributed by atoms with Crippen molar-refractivity contribution in [3.63, 3.8) is 0 Å². The van der Waals surface area contributed by atoms with Gasteiger partial charge in [-0.25, -0.2) is 4.79 Å². The van der Waals surface area contributed by atoms with Crippen molar-refractivity contribution in [1.82, 2.24) is 9.13 Å². The van der Waals surface area contributed by atoms with Crippen LogP contribution < -0.4 is 20.7 Å². The van der Waals surface area contributed by atoms with Crippen LogP contribution in [0.15, 0.2) is 46.0 Å². The molecule has 0 amide bonds. The van der Waals surface area contributed by atoms with E-state index in [0.717, 1.165) is 20.3 Å². The number of aromatic nitrogens is 2. The predicted octanol–water partition coefficient (Wildman–Crippen LogP) is 1.62. The van der Waals surface area contributed by atoms with E-state index in [1.165, 1.54) is 26.4 Å². The number of aliphatic carboxylic acids is 1. The number of carbonyl (C=O) groups is 1. The summed E-state index contributed by atoms with van der Waals surface area (Å²) in [7, 11) is 2.85. The van der Waals surface area contributed by atoms with Gasteiger partial charge in [0.15, 0.2) is 11.5 Å². The van der Waals surface area contributed by atoms with Gasteiger partial charge in [-0.1, -0.05) is 29.8 Å². The Hall–Kier alpha value is -3.55. The topological polar surface area (TPSA) is 99.8 Å². The van der Waals surface area contributed by atoms with Crippen molar-refractivity contribution < 1.29 is 19.4 Å². The zero-order valence-electron chi connectivity index (χ0n) is 15.8. The van der Waals surface area contributed by atoms with Crippen LogP contribution in [0, 0.1) is 6.92 Å². The maximum Gasteiger partial charge on any atom is 0.332 e. The second kappa shape index (κ2) is 7.59. The molecule has 0 radical (unpaired) electrons. The number of methoxy groups -OCH3 is 2. The summed E-state index contributed by atoms with van der Waals surface area (Å²) in [5.74, 6) is -0.586. The first-order chi connectivity index (χ1) is 13.3. The summed E-state index contributed by atoms with van der Waals surface area (Å²) >= 11 is 0. The van der Waals surface area contributed by atoms with E-state index in [2.05, 4.69) is 0 Å². The Kier molecular flexibility index (Phi) is 5.21. The lowest BCUT2D eigenvalue weighted by Crippen LogP contribution is -2.41. The number of hydrogen-bond donors (Lipinski definition) is 1. The number of ether oxygens (including phenoxy) is 2. The molecule has 3 aromatic rings. The zero-order chi connectivity index (χ0) is 20.4. The molecule has 0 atom stereocenters. The molecule has 1 heterocycles. The number of carboxylic acid groups (broad SMARTS) is 1. The van der Waals surface area contributed by atoms with Crippen LogP contribution in [0.2, 0.25) is 0 Å². The summed E-state index contributed by atoms with van der Waals surface area (Å²) in [5, 5.41) is 9.43. The largest absolute Gasteiger partial charge is 0.493 e. The van der Waals surface area contributed by atoms with Gasteiger partial charge in [0.05, 0.1) is 31.7 Å². The van der Waals surface area contributed by atoms with Crippen molar-refractivity contribution in [3.05, 3.63) is 68.4 Å². The summed E-state index contributed by atoms with van der Waals surface area (Å²) in [6, 6.07) is 10.3. The highest BCUT2D eigenvalue weighted by Crippen LogP contribution is 2.30. The van der Waals surface area contributed by atoms with E-state index < -0.39 is 23.8 Å². The van der Waals surface area contributed by atoms with Gasteiger partial charge in [-0.2, -0.15) is 0 Å². The molecule has 3 rings (SSSR count). The Morgan fingerprint density at radius 3 is 2.18 bits per heavy atom. The fraction of sp³-hybridized carbons (Fsp3) is 0.250. The van der Waals surface area contributed by atoms with Crippen molar-refractivity contribution in [2.45, 2.75) is 20.0 Å². The van der Waals surface area contributed by atoms with Crippen molar-refractivity contribution in [1.29, 1.82) is 0 Å².